The summed E-state index contributed by atoms with van der Waals surface area (Å²) in [5.74, 6) is 0.909. The van der Waals surface area contributed by atoms with Crippen molar-refractivity contribution < 1.29 is 0 Å². The van der Waals surface area contributed by atoms with Crippen LogP contribution in [0.3, 0.4) is 0 Å². The molecule has 0 spiro atoms. The molecule has 0 bridgehead atoms. The molecule has 1 fully saturated rings. The lowest BCUT2D eigenvalue weighted by Crippen LogP contribution is -2.35. The van der Waals surface area contributed by atoms with Crippen LogP contribution in [0.1, 0.15) is 47.0 Å². The van der Waals surface area contributed by atoms with Crippen molar-refractivity contribution in [3.8, 4) is 0 Å². The van der Waals surface area contributed by atoms with Crippen molar-refractivity contribution in [2.45, 2.75) is 53.0 Å². The fourth-order valence-corrected chi connectivity index (χ4v) is 1.14. The van der Waals surface area contributed by atoms with Crippen molar-refractivity contribution in [2.24, 2.45) is 5.92 Å². The van der Waals surface area contributed by atoms with Gasteiger partial charge in [0.2, 0.25) is 0 Å². The summed E-state index contributed by atoms with van der Waals surface area (Å²) >= 11 is 0. The molecular weight excluding hydrogens is 134 g/mol. The van der Waals surface area contributed by atoms with Crippen LogP contribution in [0.2, 0.25) is 0 Å². The van der Waals surface area contributed by atoms with Crippen LogP contribution >= 0.6 is 0 Å². The normalized spacial score (nSPS) is 30.5. The smallest absolute Gasteiger partial charge is 0.00389 e. The SMILES string of the molecule is CCC.C[C@@H]1CC[C@@H](C)NC1. The van der Waals surface area contributed by atoms with Gasteiger partial charge in [-0.1, -0.05) is 27.2 Å². The summed E-state index contributed by atoms with van der Waals surface area (Å²) < 4.78 is 0. The Morgan fingerprint density at radius 3 is 2.00 bits per heavy atom. The molecule has 0 aromatic heterocycles. The van der Waals surface area contributed by atoms with Gasteiger partial charge in [-0.3, -0.25) is 0 Å². The minimum atomic E-state index is 0.770. The van der Waals surface area contributed by atoms with Gasteiger partial charge in [0.15, 0.2) is 0 Å². The summed E-state index contributed by atoms with van der Waals surface area (Å²) in [5.41, 5.74) is 0. The molecule has 1 saturated heterocycles. The highest BCUT2D eigenvalue weighted by Gasteiger charge is 2.11. The molecule has 0 amide bonds. The monoisotopic (exact) mass is 157 g/mol. The molecule has 1 nitrogen and oxygen atoms in total. The Bertz CT molecular complexity index is 62.9. The lowest BCUT2D eigenvalue weighted by molar-refractivity contribution is 0.343. The third-order valence-corrected chi connectivity index (χ3v) is 1.91. The zero-order chi connectivity index (χ0) is 8.69. The van der Waals surface area contributed by atoms with Crippen LogP contribution < -0.4 is 5.32 Å². The molecule has 0 aliphatic carbocycles. The Morgan fingerprint density at radius 2 is 1.73 bits per heavy atom. The van der Waals surface area contributed by atoms with Crippen molar-refractivity contribution in [1.29, 1.82) is 0 Å². The topological polar surface area (TPSA) is 12.0 Å². The third kappa shape index (κ3) is 6.36. The van der Waals surface area contributed by atoms with Gasteiger partial charge in [-0.05, 0) is 32.2 Å². The van der Waals surface area contributed by atoms with Crippen LogP contribution in [0.25, 0.3) is 0 Å². The highest BCUT2D eigenvalue weighted by Crippen LogP contribution is 2.11. The summed E-state index contributed by atoms with van der Waals surface area (Å²) in [6, 6.07) is 0.770. The molecule has 0 aromatic rings. The molecule has 1 aliphatic heterocycles. The van der Waals surface area contributed by atoms with Crippen LogP contribution in [-0.4, -0.2) is 12.6 Å². The Balaban J connectivity index is 0.000000292. The van der Waals surface area contributed by atoms with Gasteiger partial charge in [0.05, 0.1) is 0 Å². The molecule has 1 aliphatic rings. The van der Waals surface area contributed by atoms with E-state index in [1.807, 2.05) is 0 Å². The molecule has 1 heterocycles. The highest BCUT2D eigenvalue weighted by molar-refractivity contribution is 4.71. The number of hydrogen-bond donors (Lipinski definition) is 1. The van der Waals surface area contributed by atoms with E-state index in [9.17, 15) is 0 Å². The Labute approximate surface area is 71.6 Å². The fraction of sp³-hybridized carbons (Fsp3) is 1.00. The fourth-order valence-electron chi connectivity index (χ4n) is 1.14. The molecule has 2 atom stereocenters. The van der Waals surface area contributed by atoms with E-state index in [2.05, 4.69) is 33.0 Å². The first-order chi connectivity index (χ1) is 5.20. The lowest BCUT2D eigenvalue weighted by atomic mass is 9.98. The average molecular weight is 157 g/mol. The predicted molar refractivity (Wildman–Crippen MR) is 51.8 cm³/mol. The second-order valence-corrected chi connectivity index (χ2v) is 3.70. The third-order valence-electron chi connectivity index (χ3n) is 1.91. The number of rotatable bonds is 0. The zero-order valence-electron chi connectivity index (χ0n) is 8.48. The van der Waals surface area contributed by atoms with Crippen LogP contribution in [0.4, 0.5) is 0 Å². The first-order valence-corrected chi connectivity index (χ1v) is 4.94. The van der Waals surface area contributed by atoms with Gasteiger partial charge in [-0.2, -0.15) is 0 Å². The number of piperidine rings is 1. The van der Waals surface area contributed by atoms with E-state index in [0.29, 0.717) is 0 Å². The van der Waals surface area contributed by atoms with E-state index in [-0.39, 0.29) is 0 Å². The lowest BCUT2D eigenvalue weighted by Gasteiger charge is -2.24. The van der Waals surface area contributed by atoms with Crippen LogP contribution in [-0.2, 0) is 0 Å². The largest absolute Gasteiger partial charge is 0.314 e. The maximum absolute atomic E-state index is 3.43. The quantitative estimate of drug-likeness (QED) is 0.570. The minimum Gasteiger partial charge on any atom is -0.314 e. The first kappa shape index (κ1) is 11.0. The molecule has 1 rings (SSSR count). The second kappa shape index (κ2) is 6.66. The minimum absolute atomic E-state index is 0.770. The van der Waals surface area contributed by atoms with Crippen molar-refractivity contribution in [1.82, 2.24) is 5.32 Å². The van der Waals surface area contributed by atoms with Gasteiger partial charge in [0.1, 0.15) is 0 Å². The van der Waals surface area contributed by atoms with Crippen molar-refractivity contribution in [3.05, 3.63) is 0 Å². The molecule has 1 heteroatoms. The summed E-state index contributed by atoms with van der Waals surface area (Å²) in [6.45, 7) is 10.0. The summed E-state index contributed by atoms with van der Waals surface area (Å²) in [5, 5.41) is 3.43. The standard InChI is InChI=1S/C7H15N.C3H8/c1-6-3-4-7(2)8-5-6;1-3-2/h6-8H,3-5H2,1-2H3;3H2,1-2H3/t6-,7-;/m1./s1. The molecular formula is C10H23N. The average Bonchev–Trinajstić information content (AvgIpc) is 1.97. The van der Waals surface area contributed by atoms with Crippen molar-refractivity contribution >= 4 is 0 Å². The molecule has 0 unspecified atom stereocenters. The predicted octanol–water partition coefficient (Wildman–Crippen LogP) is 2.81. The first-order valence-electron chi connectivity index (χ1n) is 4.94. The van der Waals surface area contributed by atoms with Crippen molar-refractivity contribution in [3.63, 3.8) is 0 Å². The van der Waals surface area contributed by atoms with Gasteiger partial charge in [-0.15, -0.1) is 0 Å². The van der Waals surface area contributed by atoms with Gasteiger partial charge in [-0.25, -0.2) is 0 Å². The van der Waals surface area contributed by atoms with E-state index >= 15 is 0 Å². The number of hydrogen-bond acceptors (Lipinski definition) is 1. The molecule has 1 N–H and O–H groups in total. The Morgan fingerprint density at radius 1 is 1.18 bits per heavy atom. The van der Waals surface area contributed by atoms with E-state index in [0.717, 1.165) is 12.0 Å². The van der Waals surface area contributed by atoms with Crippen LogP contribution in [0, 0.1) is 5.92 Å². The zero-order valence-corrected chi connectivity index (χ0v) is 8.48. The molecule has 11 heavy (non-hydrogen) atoms. The Hall–Kier alpha value is -0.0400. The maximum Gasteiger partial charge on any atom is 0.00389 e. The van der Waals surface area contributed by atoms with E-state index < -0.39 is 0 Å². The van der Waals surface area contributed by atoms with Crippen molar-refractivity contribution in [2.75, 3.05) is 6.54 Å². The van der Waals surface area contributed by atoms with Gasteiger partial charge in [0, 0.05) is 6.04 Å². The van der Waals surface area contributed by atoms with E-state index in [1.54, 1.807) is 0 Å². The van der Waals surface area contributed by atoms with Gasteiger partial charge in [0.25, 0.3) is 0 Å². The van der Waals surface area contributed by atoms with Gasteiger partial charge < -0.3 is 5.32 Å². The second-order valence-electron chi connectivity index (χ2n) is 3.70. The summed E-state index contributed by atoms with van der Waals surface area (Å²) in [4.78, 5) is 0. The number of nitrogens with one attached hydrogen (secondary N) is 1. The summed E-state index contributed by atoms with van der Waals surface area (Å²) in [6.07, 6.45) is 4.02. The van der Waals surface area contributed by atoms with E-state index in [4.69, 9.17) is 0 Å². The van der Waals surface area contributed by atoms with Gasteiger partial charge >= 0.3 is 0 Å². The van der Waals surface area contributed by atoms with Crippen LogP contribution in [0.5, 0.6) is 0 Å². The molecule has 68 valence electrons. The van der Waals surface area contributed by atoms with E-state index in [1.165, 1.54) is 25.8 Å². The molecule has 0 radical (unpaired) electrons. The summed E-state index contributed by atoms with van der Waals surface area (Å²) in [7, 11) is 0. The maximum atomic E-state index is 3.43. The Kier molecular flexibility index (Phi) is 6.63. The highest BCUT2D eigenvalue weighted by atomic mass is 14.9. The van der Waals surface area contributed by atoms with Crippen LogP contribution in [0.15, 0.2) is 0 Å². The molecule has 0 aromatic carbocycles. The molecule has 0 saturated carbocycles.